The SMILES string of the molecule is Cc1c(NC(=O)C(C)Sc2nnc(-c3ccccc3)c3ccccc23)c(=O)n(-c2ccccc2)n1C. The molecule has 1 N–H and O–H groups in total. The number of para-hydroxylation sites is 1. The summed E-state index contributed by atoms with van der Waals surface area (Å²) >= 11 is 1.32. The number of fused-ring (bicyclic) bond motifs is 1. The first-order chi connectivity index (χ1) is 17.5. The van der Waals surface area contributed by atoms with Gasteiger partial charge in [-0.1, -0.05) is 84.6 Å². The van der Waals surface area contributed by atoms with Crippen LogP contribution in [-0.2, 0) is 11.8 Å². The highest BCUT2D eigenvalue weighted by Crippen LogP contribution is 2.33. The lowest BCUT2D eigenvalue weighted by molar-refractivity contribution is -0.115. The molecule has 5 rings (SSSR count). The number of hydrogen-bond acceptors (Lipinski definition) is 5. The predicted octanol–water partition coefficient (Wildman–Crippen LogP) is 5.21. The summed E-state index contributed by atoms with van der Waals surface area (Å²) in [6.45, 7) is 3.62. The molecule has 36 heavy (non-hydrogen) atoms. The van der Waals surface area contributed by atoms with Gasteiger partial charge in [0.05, 0.1) is 16.6 Å². The number of anilines is 1. The summed E-state index contributed by atoms with van der Waals surface area (Å²) in [5.41, 5.74) is 3.19. The molecule has 1 amide bonds. The average molecular weight is 496 g/mol. The van der Waals surface area contributed by atoms with Crippen molar-refractivity contribution in [3.8, 4) is 16.9 Å². The lowest BCUT2D eigenvalue weighted by Gasteiger charge is -2.13. The lowest BCUT2D eigenvalue weighted by atomic mass is 10.1. The van der Waals surface area contributed by atoms with Crippen molar-refractivity contribution in [1.82, 2.24) is 19.6 Å². The molecular weight excluding hydrogens is 470 g/mol. The van der Waals surface area contributed by atoms with Gasteiger partial charge >= 0.3 is 0 Å². The van der Waals surface area contributed by atoms with E-state index in [1.54, 1.807) is 23.3 Å². The zero-order valence-corrected chi connectivity index (χ0v) is 21.0. The number of aromatic nitrogens is 4. The topological polar surface area (TPSA) is 81.8 Å². The molecule has 0 fully saturated rings. The molecule has 0 spiro atoms. The van der Waals surface area contributed by atoms with E-state index in [0.29, 0.717) is 10.7 Å². The van der Waals surface area contributed by atoms with Crippen LogP contribution in [0.3, 0.4) is 0 Å². The molecule has 0 aliphatic carbocycles. The van der Waals surface area contributed by atoms with Gasteiger partial charge < -0.3 is 5.32 Å². The summed E-state index contributed by atoms with van der Waals surface area (Å²) in [6, 6.07) is 27.2. The van der Waals surface area contributed by atoms with Crippen molar-refractivity contribution in [1.29, 1.82) is 0 Å². The third-order valence-corrected chi connectivity index (χ3v) is 7.25. The van der Waals surface area contributed by atoms with E-state index in [-0.39, 0.29) is 17.2 Å². The summed E-state index contributed by atoms with van der Waals surface area (Å²) in [7, 11) is 1.80. The average Bonchev–Trinajstić information content (AvgIpc) is 3.12. The number of nitrogens with one attached hydrogen (secondary N) is 1. The summed E-state index contributed by atoms with van der Waals surface area (Å²) in [5, 5.41) is 13.9. The van der Waals surface area contributed by atoms with Crippen LogP contribution in [0.25, 0.3) is 27.7 Å². The largest absolute Gasteiger partial charge is 0.319 e. The normalized spacial score (nSPS) is 12.0. The Labute approximate surface area is 212 Å². The van der Waals surface area contributed by atoms with Gasteiger partial charge in [0.15, 0.2) is 0 Å². The first-order valence-electron chi connectivity index (χ1n) is 11.6. The molecule has 5 aromatic rings. The zero-order chi connectivity index (χ0) is 25.2. The van der Waals surface area contributed by atoms with Crippen molar-refractivity contribution < 1.29 is 4.79 Å². The Morgan fingerprint density at radius 2 is 1.50 bits per heavy atom. The molecule has 180 valence electrons. The molecule has 7 nitrogen and oxygen atoms in total. The van der Waals surface area contributed by atoms with Gasteiger partial charge in [-0.25, -0.2) is 4.68 Å². The van der Waals surface area contributed by atoms with Gasteiger partial charge in [0.25, 0.3) is 5.56 Å². The number of hydrogen-bond donors (Lipinski definition) is 1. The second kappa shape index (κ2) is 9.83. The maximum absolute atomic E-state index is 13.2. The van der Waals surface area contributed by atoms with Crippen molar-refractivity contribution in [2.24, 2.45) is 7.05 Å². The highest BCUT2D eigenvalue weighted by molar-refractivity contribution is 8.00. The zero-order valence-electron chi connectivity index (χ0n) is 20.2. The van der Waals surface area contributed by atoms with E-state index in [4.69, 9.17) is 0 Å². The molecule has 1 atom stereocenters. The fourth-order valence-corrected chi connectivity index (χ4v) is 5.03. The van der Waals surface area contributed by atoms with Crippen molar-refractivity contribution in [2.45, 2.75) is 24.1 Å². The van der Waals surface area contributed by atoms with E-state index in [2.05, 4.69) is 15.5 Å². The summed E-state index contributed by atoms with van der Waals surface area (Å²) in [6.07, 6.45) is 0. The summed E-state index contributed by atoms with van der Waals surface area (Å²) in [4.78, 5) is 26.3. The number of benzene rings is 3. The van der Waals surface area contributed by atoms with Crippen LogP contribution in [0, 0.1) is 6.92 Å². The summed E-state index contributed by atoms with van der Waals surface area (Å²) < 4.78 is 3.29. The van der Waals surface area contributed by atoms with Gasteiger partial charge in [0.2, 0.25) is 5.91 Å². The number of rotatable bonds is 6. The van der Waals surface area contributed by atoms with Crippen molar-refractivity contribution in [3.05, 3.63) is 101 Å². The van der Waals surface area contributed by atoms with E-state index in [1.165, 1.54) is 11.8 Å². The molecule has 0 aliphatic heterocycles. The van der Waals surface area contributed by atoms with Gasteiger partial charge in [-0.15, -0.1) is 10.2 Å². The van der Waals surface area contributed by atoms with Gasteiger partial charge in [0, 0.05) is 23.4 Å². The van der Waals surface area contributed by atoms with Gasteiger partial charge in [0.1, 0.15) is 16.4 Å². The number of amides is 1. The minimum absolute atomic E-state index is 0.272. The van der Waals surface area contributed by atoms with Crippen LogP contribution in [0.4, 0.5) is 5.69 Å². The van der Waals surface area contributed by atoms with Crippen LogP contribution in [0.2, 0.25) is 0 Å². The third-order valence-electron chi connectivity index (χ3n) is 6.16. The minimum atomic E-state index is -0.505. The first-order valence-corrected chi connectivity index (χ1v) is 12.5. The lowest BCUT2D eigenvalue weighted by Crippen LogP contribution is -2.27. The van der Waals surface area contributed by atoms with Crippen molar-refractivity contribution >= 4 is 34.1 Å². The Morgan fingerprint density at radius 1 is 0.889 bits per heavy atom. The highest BCUT2D eigenvalue weighted by Gasteiger charge is 2.23. The predicted molar refractivity (Wildman–Crippen MR) is 145 cm³/mol. The quantitative estimate of drug-likeness (QED) is 0.327. The molecule has 0 saturated carbocycles. The maximum Gasteiger partial charge on any atom is 0.295 e. The molecule has 0 radical (unpaired) electrons. The molecule has 0 bridgehead atoms. The molecule has 2 heterocycles. The minimum Gasteiger partial charge on any atom is -0.319 e. The van der Waals surface area contributed by atoms with Gasteiger partial charge in [-0.05, 0) is 26.0 Å². The van der Waals surface area contributed by atoms with Crippen LogP contribution in [0.15, 0.2) is 94.7 Å². The standard InChI is InChI=1S/C28H25N5O2S/c1-18-24(28(35)33(32(18)3)21-14-8-5-9-15-21)29-26(34)19(2)36-27-23-17-11-10-16-22(23)25(30-31-27)20-12-6-4-7-13-20/h4-17,19H,1-3H3,(H,29,34). The molecule has 8 heteroatoms. The molecule has 2 aromatic heterocycles. The number of carbonyl (C=O) groups excluding carboxylic acids is 1. The van der Waals surface area contributed by atoms with E-state index in [1.807, 2.05) is 91.9 Å². The molecular formula is C28H25N5O2S. The second-order valence-corrected chi connectivity index (χ2v) is 9.78. The number of carbonyl (C=O) groups is 1. The van der Waals surface area contributed by atoms with E-state index >= 15 is 0 Å². The van der Waals surface area contributed by atoms with Crippen LogP contribution in [0.1, 0.15) is 12.6 Å². The molecule has 0 aliphatic rings. The van der Waals surface area contributed by atoms with E-state index < -0.39 is 5.25 Å². The van der Waals surface area contributed by atoms with Crippen LogP contribution >= 0.6 is 11.8 Å². The van der Waals surface area contributed by atoms with Crippen LogP contribution in [-0.4, -0.2) is 30.7 Å². The van der Waals surface area contributed by atoms with Gasteiger partial charge in [-0.2, -0.15) is 0 Å². The summed E-state index contributed by atoms with van der Waals surface area (Å²) in [5.74, 6) is -0.274. The first kappa shape index (κ1) is 23.6. The Kier molecular flexibility index (Phi) is 6.43. The second-order valence-electron chi connectivity index (χ2n) is 8.45. The Bertz CT molecular complexity index is 1610. The van der Waals surface area contributed by atoms with Crippen LogP contribution in [0.5, 0.6) is 0 Å². The monoisotopic (exact) mass is 495 g/mol. The van der Waals surface area contributed by atoms with Gasteiger partial charge in [-0.3, -0.25) is 14.3 Å². The molecule has 3 aromatic carbocycles. The smallest absolute Gasteiger partial charge is 0.295 e. The Morgan fingerprint density at radius 3 is 2.19 bits per heavy atom. The third kappa shape index (κ3) is 4.31. The van der Waals surface area contributed by atoms with E-state index in [0.717, 1.165) is 27.7 Å². The fraction of sp³-hybridized carbons (Fsp3) is 0.143. The van der Waals surface area contributed by atoms with Crippen LogP contribution < -0.4 is 10.9 Å². The fourth-order valence-electron chi connectivity index (χ4n) is 4.13. The number of thioether (sulfide) groups is 1. The van der Waals surface area contributed by atoms with E-state index in [9.17, 15) is 9.59 Å². The molecule has 0 saturated heterocycles. The highest BCUT2D eigenvalue weighted by atomic mass is 32.2. The molecule has 1 unspecified atom stereocenters. The maximum atomic E-state index is 13.2. The Hall–Kier alpha value is -4.17. The van der Waals surface area contributed by atoms with Crippen molar-refractivity contribution in [3.63, 3.8) is 0 Å². The van der Waals surface area contributed by atoms with Crippen molar-refractivity contribution in [2.75, 3.05) is 5.32 Å². The Balaban J connectivity index is 1.42. The number of nitrogens with zero attached hydrogens (tertiary/aromatic N) is 4.